The molecule has 1 aromatic rings. The Morgan fingerprint density at radius 2 is 2.23 bits per heavy atom. The second-order valence-corrected chi connectivity index (χ2v) is 6.62. The summed E-state index contributed by atoms with van der Waals surface area (Å²) in [7, 11) is 1.85. The highest BCUT2D eigenvalue weighted by Crippen LogP contribution is 2.14. The van der Waals surface area contributed by atoms with Gasteiger partial charge in [-0.1, -0.05) is 12.1 Å². The molecule has 0 aliphatic carbocycles. The first-order chi connectivity index (χ1) is 12.0. The first kappa shape index (κ1) is 22.5. The van der Waals surface area contributed by atoms with Gasteiger partial charge in [0.25, 0.3) is 0 Å². The van der Waals surface area contributed by atoms with Crippen LogP contribution in [0, 0.1) is 6.92 Å². The minimum atomic E-state index is -0.0205. The Kier molecular flexibility index (Phi) is 9.75. The number of hydrogen-bond donors (Lipinski definition) is 2. The summed E-state index contributed by atoms with van der Waals surface area (Å²) in [5, 5.41) is 6.69. The van der Waals surface area contributed by atoms with E-state index in [2.05, 4.69) is 28.6 Å². The number of hydrogen-bond acceptors (Lipinski definition) is 3. The zero-order chi connectivity index (χ0) is 18.2. The molecule has 0 radical (unpaired) electrons. The number of halogens is 1. The van der Waals surface area contributed by atoms with Gasteiger partial charge in [-0.05, 0) is 44.9 Å². The van der Waals surface area contributed by atoms with Gasteiger partial charge in [0.15, 0.2) is 5.96 Å². The monoisotopic (exact) mass is 474 g/mol. The summed E-state index contributed by atoms with van der Waals surface area (Å²) in [6.07, 6.45) is 1.40. The molecule has 1 fully saturated rings. The van der Waals surface area contributed by atoms with Crippen LogP contribution in [0.25, 0.3) is 0 Å². The minimum absolute atomic E-state index is 0. The van der Waals surface area contributed by atoms with Crippen molar-refractivity contribution < 1.29 is 9.53 Å². The van der Waals surface area contributed by atoms with E-state index in [0.717, 1.165) is 24.7 Å². The van der Waals surface area contributed by atoms with Gasteiger partial charge in [0, 0.05) is 32.6 Å². The molecule has 0 spiro atoms. The Morgan fingerprint density at radius 1 is 1.46 bits per heavy atom. The van der Waals surface area contributed by atoms with Crippen molar-refractivity contribution in [2.45, 2.75) is 45.8 Å². The summed E-state index contributed by atoms with van der Waals surface area (Å²) >= 11 is 0. The Bertz CT molecular complexity index is 609. The average Bonchev–Trinajstić information content (AvgIpc) is 2.56. The number of aliphatic imine (C=N–C) groups is 1. The Labute approximate surface area is 173 Å². The van der Waals surface area contributed by atoms with E-state index in [4.69, 9.17) is 4.74 Å². The molecule has 146 valence electrons. The van der Waals surface area contributed by atoms with E-state index < -0.39 is 0 Å². The van der Waals surface area contributed by atoms with Crippen LogP contribution in [0.1, 0.15) is 32.3 Å². The summed E-state index contributed by atoms with van der Waals surface area (Å²) in [6.45, 7) is 8.17. The summed E-state index contributed by atoms with van der Waals surface area (Å²) in [6, 6.07) is 8.26. The number of nitrogens with one attached hydrogen (secondary N) is 2. The summed E-state index contributed by atoms with van der Waals surface area (Å²) in [4.78, 5) is 18.0. The maximum absolute atomic E-state index is 11.6. The maximum Gasteiger partial charge on any atom is 0.222 e. The van der Waals surface area contributed by atoms with Gasteiger partial charge < -0.3 is 20.3 Å². The molecule has 1 saturated heterocycles. The molecular formula is C19H31IN4O2. The maximum atomic E-state index is 11.6. The number of piperidine rings is 1. The third-order valence-corrected chi connectivity index (χ3v) is 4.15. The number of likely N-dealkylation sites (tertiary alicyclic amines) is 1. The number of guanidine groups is 1. The lowest BCUT2D eigenvalue weighted by Crippen LogP contribution is -2.51. The van der Waals surface area contributed by atoms with Gasteiger partial charge in [0.05, 0.1) is 6.54 Å². The predicted octanol–water partition coefficient (Wildman–Crippen LogP) is 2.56. The van der Waals surface area contributed by atoms with E-state index in [9.17, 15) is 4.79 Å². The number of ether oxygens (including phenoxy) is 1. The molecule has 2 atom stereocenters. The van der Waals surface area contributed by atoms with E-state index in [-0.39, 0.29) is 42.0 Å². The molecular weight excluding hydrogens is 443 g/mol. The summed E-state index contributed by atoms with van der Waals surface area (Å²) < 4.78 is 5.93. The molecule has 0 bridgehead atoms. The Morgan fingerprint density at radius 3 is 2.88 bits per heavy atom. The molecule has 1 aliphatic rings. The van der Waals surface area contributed by atoms with Gasteiger partial charge >= 0.3 is 0 Å². The van der Waals surface area contributed by atoms with Crippen LogP contribution in [0.15, 0.2) is 29.3 Å². The lowest BCUT2D eigenvalue weighted by Gasteiger charge is -2.31. The van der Waals surface area contributed by atoms with Crippen LogP contribution in [0.4, 0.5) is 0 Å². The van der Waals surface area contributed by atoms with Crippen LogP contribution in [0.2, 0.25) is 0 Å². The van der Waals surface area contributed by atoms with Crippen LogP contribution in [-0.2, 0) is 4.79 Å². The molecule has 2 N–H and O–H groups in total. The molecule has 6 nitrogen and oxygen atoms in total. The van der Waals surface area contributed by atoms with Crippen molar-refractivity contribution >= 4 is 35.8 Å². The fourth-order valence-electron chi connectivity index (χ4n) is 2.82. The van der Waals surface area contributed by atoms with Crippen molar-refractivity contribution in [3.63, 3.8) is 0 Å². The molecule has 1 amide bonds. The van der Waals surface area contributed by atoms with Crippen LogP contribution in [0.3, 0.4) is 0 Å². The first-order valence-electron chi connectivity index (χ1n) is 9.00. The Hall–Kier alpha value is -1.51. The molecule has 1 heterocycles. The molecule has 7 heteroatoms. The number of likely N-dealkylation sites (N-methyl/N-ethyl adjacent to an activating group) is 1. The minimum Gasteiger partial charge on any atom is -0.489 e. The van der Waals surface area contributed by atoms with Crippen LogP contribution >= 0.6 is 24.0 Å². The number of carbonyl (C=O) groups is 1. The highest BCUT2D eigenvalue weighted by Gasteiger charge is 2.23. The number of nitrogens with zero attached hydrogens (tertiary/aromatic N) is 2. The quantitative estimate of drug-likeness (QED) is 0.378. The standard InChI is InChI=1S/C19H30N4O2.HI/c1-5-20-19(22-16-9-10-18(24)23(4)13-16)21-12-15(3)25-17-8-6-7-14(2)11-17;/h6-8,11,15-16H,5,9-10,12-13H2,1-4H3,(H2,20,21,22);1H. The van der Waals surface area contributed by atoms with Gasteiger partial charge in [0.1, 0.15) is 11.9 Å². The van der Waals surface area contributed by atoms with Crippen molar-refractivity contribution in [3.8, 4) is 5.75 Å². The van der Waals surface area contributed by atoms with Crippen molar-refractivity contribution in [2.75, 3.05) is 26.7 Å². The second kappa shape index (κ2) is 11.3. The molecule has 0 saturated carbocycles. The first-order valence-corrected chi connectivity index (χ1v) is 9.00. The zero-order valence-electron chi connectivity index (χ0n) is 16.1. The summed E-state index contributed by atoms with van der Waals surface area (Å²) in [5.74, 6) is 1.85. The SMILES string of the molecule is CCNC(=NCC(C)Oc1cccc(C)c1)NC1CCC(=O)N(C)C1.I. The second-order valence-electron chi connectivity index (χ2n) is 6.62. The summed E-state index contributed by atoms with van der Waals surface area (Å²) in [5.41, 5.74) is 1.18. The highest BCUT2D eigenvalue weighted by atomic mass is 127. The van der Waals surface area contributed by atoms with Gasteiger partial charge in [-0.3, -0.25) is 4.79 Å². The third-order valence-electron chi connectivity index (χ3n) is 4.15. The number of rotatable bonds is 6. The molecule has 1 aliphatic heterocycles. The van der Waals surface area contributed by atoms with E-state index in [1.54, 1.807) is 4.90 Å². The van der Waals surface area contributed by atoms with Crippen molar-refractivity contribution in [3.05, 3.63) is 29.8 Å². The van der Waals surface area contributed by atoms with E-state index >= 15 is 0 Å². The predicted molar refractivity (Wildman–Crippen MR) is 116 cm³/mol. The number of aryl methyl sites for hydroxylation is 1. The van der Waals surface area contributed by atoms with Gasteiger partial charge in [-0.25, -0.2) is 4.99 Å². The third kappa shape index (κ3) is 7.39. The molecule has 2 unspecified atom stereocenters. The van der Waals surface area contributed by atoms with Crippen LogP contribution in [-0.4, -0.2) is 55.6 Å². The van der Waals surface area contributed by atoms with Crippen LogP contribution in [0.5, 0.6) is 5.75 Å². The van der Waals surface area contributed by atoms with Gasteiger partial charge in [-0.15, -0.1) is 24.0 Å². The lowest BCUT2D eigenvalue weighted by atomic mass is 10.1. The van der Waals surface area contributed by atoms with Gasteiger partial charge in [0.2, 0.25) is 5.91 Å². The number of amides is 1. The highest BCUT2D eigenvalue weighted by molar-refractivity contribution is 14.0. The van der Waals surface area contributed by atoms with Crippen molar-refractivity contribution in [1.82, 2.24) is 15.5 Å². The fraction of sp³-hybridized carbons (Fsp3) is 0.579. The van der Waals surface area contributed by atoms with Crippen LogP contribution < -0.4 is 15.4 Å². The zero-order valence-corrected chi connectivity index (χ0v) is 18.4. The van der Waals surface area contributed by atoms with E-state index in [0.29, 0.717) is 19.5 Å². The molecule has 1 aromatic carbocycles. The van der Waals surface area contributed by atoms with Gasteiger partial charge in [-0.2, -0.15) is 0 Å². The van der Waals surface area contributed by atoms with E-state index in [1.165, 1.54) is 5.56 Å². The number of carbonyl (C=O) groups excluding carboxylic acids is 1. The Balaban J connectivity index is 0.00000338. The average molecular weight is 474 g/mol. The van der Waals surface area contributed by atoms with E-state index in [1.807, 2.05) is 39.1 Å². The largest absolute Gasteiger partial charge is 0.489 e. The molecule has 0 aromatic heterocycles. The van der Waals surface area contributed by atoms with Crippen molar-refractivity contribution in [1.29, 1.82) is 0 Å². The van der Waals surface area contributed by atoms with Crippen molar-refractivity contribution in [2.24, 2.45) is 4.99 Å². The smallest absolute Gasteiger partial charge is 0.222 e. The number of benzene rings is 1. The molecule has 26 heavy (non-hydrogen) atoms. The fourth-order valence-corrected chi connectivity index (χ4v) is 2.82. The molecule has 2 rings (SSSR count). The lowest BCUT2D eigenvalue weighted by molar-refractivity contribution is -0.132. The normalized spacial score (nSPS) is 18.8. The topological polar surface area (TPSA) is 66.0 Å².